The summed E-state index contributed by atoms with van der Waals surface area (Å²) in [7, 11) is 0. The van der Waals surface area contributed by atoms with Crippen molar-refractivity contribution in [3.8, 4) is 0 Å². The van der Waals surface area contributed by atoms with E-state index >= 15 is 0 Å². The van der Waals surface area contributed by atoms with Crippen LogP contribution < -0.4 is 5.73 Å². The molecule has 1 atom stereocenters. The van der Waals surface area contributed by atoms with Gasteiger partial charge in [0.2, 0.25) is 5.89 Å². The van der Waals surface area contributed by atoms with Crippen molar-refractivity contribution in [3.05, 3.63) is 47.1 Å². The van der Waals surface area contributed by atoms with Gasteiger partial charge in [-0.15, -0.1) is 0 Å². The van der Waals surface area contributed by atoms with Crippen LogP contribution in [0.1, 0.15) is 74.7 Å². The molecule has 0 bridgehead atoms. The van der Waals surface area contributed by atoms with Gasteiger partial charge in [0.25, 0.3) is 0 Å². The van der Waals surface area contributed by atoms with E-state index in [1.165, 1.54) is 11.1 Å². The molecule has 1 fully saturated rings. The number of nitrogens with zero attached hydrogens (tertiary/aromatic N) is 2. The Hall–Kier alpha value is -1.68. The van der Waals surface area contributed by atoms with Crippen LogP contribution in [0.2, 0.25) is 0 Å². The lowest BCUT2D eigenvalue weighted by molar-refractivity contribution is 0.229. The third-order valence-electron chi connectivity index (χ3n) is 4.81. The zero-order valence-electron chi connectivity index (χ0n) is 13.7. The van der Waals surface area contributed by atoms with Crippen molar-refractivity contribution < 1.29 is 4.52 Å². The fourth-order valence-electron chi connectivity index (χ4n) is 2.91. The topological polar surface area (TPSA) is 64.9 Å². The van der Waals surface area contributed by atoms with Crippen LogP contribution in [0.4, 0.5) is 0 Å². The van der Waals surface area contributed by atoms with Crippen molar-refractivity contribution in [1.29, 1.82) is 0 Å². The summed E-state index contributed by atoms with van der Waals surface area (Å²) in [4.78, 5) is 4.51. The second-order valence-corrected chi connectivity index (χ2v) is 6.95. The molecule has 0 aliphatic heterocycles. The van der Waals surface area contributed by atoms with Gasteiger partial charge in [0.15, 0.2) is 5.82 Å². The van der Waals surface area contributed by atoms with Gasteiger partial charge in [-0.2, -0.15) is 4.98 Å². The van der Waals surface area contributed by atoms with E-state index in [9.17, 15) is 0 Å². The van der Waals surface area contributed by atoms with Crippen LogP contribution in [0.3, 0.4) is 0 Å². The molecular weight excluding hydrogens is 274 g/mol. The van der Waals surface area contributed by atoms with Gasteiger partial charge in [-0.05, 0) is 42.2 Å². The molecule has 1 aromatic carbocycles. The maximum absolute atomic E-state index is 6.24. The number of nitrogens with two attached hydrogens (primary N) is 1. The first-order valence-corrected chi connectivity index (χ1v) is 8.20. The number of benzene rings is 1. The second kappa shape index (κ2) is 5.84. The minimum absolute atomic E-state index is 0.343. The van der Waals surface area contributed by atoms with Gasteiger partial charge in [-0.1, -0.05) is 50.2 Å². The molecule has 118 valence electrons. The highest BCUT2D eigenvalue weighted by Gasteiger charge is 2.39. The first kappa shape index (κ1) is 15.2. The highest BCUT2D eigenvalue weighted by atomic mass is 16.5. The third kappa shape index (κ3) is 2.93. The van der Waals surface area contributed by atoms with Crippen LogP contribution in [0.25, 0.3) is 0 Å². The summed E-state index contributed by atoms with van der Waals surface area (Å²) in [6.07, 6.45) is 3.82. The van der Waals surface area contributed by atoms with Crippen LogP contribution in [0.15, 0.2) is 28.8 Å². The smallest absolute Gasteiger partial charge is 0.227 e. The van der Waals surface area contributed by atoms with Gasteiger partial charge >= 0.3 is 0 Å². The molecule has 0 amide bonds. The average Bonchev–Trinajstić information content (AvgIpc) is 2.93. The normalized spacial score (nSPS) is 18.2. The number of aromatic nitrogens is 2. The Kier molecular flexibility index (Phi) is 4.04. The summed E-state index contributed by atoms with van der Waals surface area (Å²) in [6.45, 7) is 6.61. The van der Waals surface area contributed by atoms with Gasteiger partial charge in [0.1, 0.15) is 0 Å². The molecule has 2 aromatic rings. The molecule has 3 rings (SSSR count). The Morgan fingerprint density at radius 2 is 1.77 bits per heavy atom. The van der Waals surface area contributed by atoms with E-state index in [4.69, 9.17) is 10.3 Å². The van der Waals surface area contributed by atoms with Gasteiger partial charge in [-0.3, -0.25) is 0 Å². The number of rotatable bonds is 5. The summed E-state index contributed by atoms with van der Waals surface area (Å²) >= 11 is 0. The van der Waals surface area contributed by atoms with Crippen molar-refractivity contribution in [3.63, 3.8) is 0 Å². The molecular formula is C18H25N3O. The van der Waals surface area contributed by atoms with Crippen molar-refractivity contribution in [2.75, 3.05) is 0 Å². The molecule has 2 N–H and O–H groups in total. The molecule has 1 aromatic heterocycles. The molecule has 0 radical (unpaired) electrons. The standard InChI is InChI=1S/C18H25N3O/c1-12(2)14-5-7-15(8-6-14)13(3)11-16-20-17(21-22-16)18(19)9-4-10-18/h5-8,12-13H,4,9-11,19H2,1-3H3. The highest BCUT2D eigenvalue weighted by Crippen LogP contribution is 2.37. The van der Waals surface area contributed by atoms with E-state index in [0.29, 0.717) is 23.6 Å². The Labute approximate surface area is 132 Å². The van der Waals surface area contributed by atoms with Gasteiger partial charge in [-0.25, -0.2) is 0 Å². The summed E-state index contributed by atoms with van der Waals surface area (Å²) < 4.78 is 5.40. The molecule has 4 heteroatoms. The SMILES string of the molecule is CC(C)c1ccc(C(C)Cc2nc(C3(N)CCC3)no2)cc1. The molecule has 1 aliphatic rings. The molecule has 0 spiro atoms. The lowest BCUT2D eigenvalue weighted by atomic mass is 9.77. The van der Waals surface area contributed by atoms with Crippen LogP contribution in [0.5, 0.6) is 0 Å². The molecule has 4 nitrogen and oxygen atoms in total. The summed E-state index contributed by atoms with van der Waals surface area (Å²) in [5.41, 5.74) is 8.56. The van der Waals surface area contributed by atoms with Crippen LogP contribution >= 0.6 is 0 Å². The van der Waals surface area contributed by atoms with Crippen molar-refractivity contribution in [2.45, 2.75) is 63.8 Å². The van der Waals surface area contributed by atoms with Crippen LogP contribution in [-0.4, -0.2) is 10.1 Å². The van der Waals surface area contributed by atoms with Crippen LogP contribution in [-0.2, 0) is 12.0 Å². The Balaban J connectivity index is 1.67. The van der Waals surface area contributed by atoms with E-state index in [2.05, 4.69) is 55.2 Å². The van der Waals surface area contributed by atoms with Gasteiger partial charge < -0.3 is 10.3 Å². The zero-order valence-corrected chi connectivity index (χ0v) is 13.7. The van der Waals surface area contributed by atoms with Crippen molar-refractivity contribution in [1.82, 2.24) is 10.1 Å². The minimum Gasteiger partial charge on any atom is -0.339 e. The van der Waals surface area contributed by atoms with Gasteiger partial charge in [0, 0.05) is 6.42 Å². The van der Waals surface area contributed by atoms with Gasteiger partial charge in [0.05, 0.1) is 5.54 Å². The molecule has 1 heterocycles. The Morgan fingerprint density at radius 1 is 1.14 bits per heavy atom. The molecule has 0 saturated heterocycles. The maximum atomic E-state index is 6.24. The van der Waals surface area contributed by atoms with Crippen molar-refractivity contribution >= 4 is 0 Å². The molecule has 1 unspecified atom stereocenters. The van der Waals surface area contributed by atoms with E-state index in [0.717, 1.165) is 25.7 Å². The first-order valence-electron chi connectivity index (χ1n) is 8.20. The van der Waals surface area contributed by atoms with Crippen LogP contribution in [0, 0.1) is 0 Å². The van der Waals surface area contributed by atoms with E-state index in [1.54, 1.807) is 0 Å². The average molecular weight is 299 g/mol. The predicted molar refractivity (Wildman–Crippen MR) is 86.7 cm³/mol. The lowest BCUT2D eigenvalue weighted by Gasteiger charge is -2.34. The molecule has 22 heavy (non-hydrogen) atoms. The lowest BCUT2D eigenvalue weighted by Crippen LogP contribution is -2.44. The van der Waals surface area contributed by atoms with E-state index in [-0.39, 0.29) is 5.54 Å². The second-order valence-electron chi connectivity index (χ2n) is 6.95. The molecule has 1 aliphatic carbocycles. The zero-order chi connectivity index (χ0) is 15.7. The fourth-order valence-corrected chi connectivity index (χ4v) is 2.91. The van der Waals surface area contributed by atoms with E-state index < -0.39 is 0 Å². The highest BCUT2D eigenvalue weighted by molar-refractivity contribution is 5.27. The predicted octanol–water partition coefficient (Wildman–Crippen LogP) is 3.88. The largest absolute Gasteiger partial charge is 0.339 e. The number of hydrogen-bond acceptors (Lipinski definition) is 4. The van der Waals surface area contributed by atoms with Crippen molar-refractivity contribution in [2.24, 2.45) is 5.73 Å². The quantitative estimate of drug-likeness (QED) is 0.910. The minimum atomic E-state index is -0.343. The summed E-state index contributed by atoms with van der Waals surface area (Å²) in [5, 5.41) is 4.08. The molecule has 1 saturated carbocycles. The summed E-state index contributed by atoms with van der Waals surface area (Å²) in [6, 6.07) is 8.82. The fraction of sp³-hybridized carbons (Fsp3) is 0.556. The third-order valence-corrected chi connectivity index (χ3v) is 4.81. The maximum Gasteiger partial charge on any atom is 0.227 e. The Bertz CT molecular complexity index is 626. The first-order chi connectivity index (χ1) is 10.5. The Morgan fingerprint density at radius 3 is 2.32 bits per heavy atom. The van der Waals surface area contributed by atoms with E-state index in [1.807, 2.05) is 0 Å². The number of hydrogen-bond donors (Lipinski definition) is 1. The monoisotopic (exact) mass is 299 g/mol. The summed E-state index contributed by atoms with van der Waals surface area (Å²) in [5.74, 6) is 2.28.